The van der Waals surface area contributed by atoms with Gasteiger partial charge in [-0.15, -0.1) is 0 Å². The standard InChI is InChI=1S/C21H30N2O3/c1-14-7-6-10-18(15(14)2)22-20(24)13-23-12-17-9-5-4-8-16(17)11-19(23)21(25)26-3/h4-5,8-9,14-15,18-19H,6-7,10-13H2,1-3H3,(H,22,24). The van der Waals surface area contributed by atoms with Gasteiger partial charge in [0.25, 0.3) is 0 Å². The summed E-state index contributed by atoms with van der Waals surface area (Å²) in [4.78, 5) is 26.9. The van der Waals surface area contributed by atoms with E-state index in [1.54, 1.807) is 0 Å². The molecule has 1 aliphatic heterocycles. The van der Waals surface area contributed by atoms with Crippen molar-refractivity contribution in [2.45, 2.75) is 58.2 Å². The van der Waals surface area contributed by atoms with E-state index in [1.165, 1.54) is 25.5 Å². The van der Waals surface area contributed by atoms with Crippen LogP contribution >= 0.6 is 0 Å². The molecule has 1 aliphatic carbocycles. The Morgan fingerprint density at radius 2 is 1.92 bits per heavy atom. The molecule has 1 saturated carbocycles. The summed E-state index contributed by atoms with van der Waals surface area (Å²) < 4.78 is 4.99. The number of hydrogen-bond acceptors (Lipinski definition) is 4. The Balaban J connectivity index is 1.68. The average molecular weight is 358 g/mol. The molecule has 4 unspecified atom stereocenters. The summed E-state index contributed by atoms with van der Waals surface area (Å²) in [5.41, 5.74) is 2.34. The Morgan fingerprint density at radius 1 is 1.19 bits per heavy atom. The lowest BCUT2D eigenvalue weighted by Gasteiger charge is -2.37. The second kappa shape index (κ2) is 8.21. The van der Waals surface area contributed by atoms with Gasteiger partial charge in [0.15, 0.2) is 0 Å². The van der Waals surface area contributed by atoms with Crippen LogP contribution in [0.2, 0.25) is 0 Å². The molecule has 5 nitrogen and oxygen atoms in total. The molecular weight excluding hydrogens is 328 g/mol. The highest BCUT2D eigenvalue weighted by molar-refractivity contribution is 5.81. The predicted octanol–water partition coefficient (Wildman–Crippen LogP) is 2.53. The zero-order valence-electron chi connectivity index (χ0n) is 16.0. The summed E-state index contributed by atoms with van der Waals surface area (Å²) in [5, 5.41) is 3.22. The lowest BCUT2D eigenvalue weighted by atomic mass is 9.78. The van der Waals surface area contributed by atoms with Crippen LogP contribution in [0.5, 0.6) is 0 Å². The van der Waals surface area contributed by atoms with E-state index in [9.17, 15) is 9.59 Å². The van der Waals surface area contributed by atoms with E-state index in [4.69, 9.17) is 4.74 Å². The van der Waals surface area contributed by atoms with Crippen LogP contribution in [0.25, 0.3) is 0 Å². The molecule has 5 heteroatoms. The Morgan fingerprint density at radius 3 is 2.65 bits per heavy atom. The molecule has 0 spiro atoms. The van der Waals surface area contributed by atoms with E-state index in [-0.39, 0.29) is 24.5 Å². The number of fused-ring (bicyclic) bond motifs is 1. The first-order valence-corrected chi connectivity index (χ1v) is 9.67. The van der Waals surface area contributed by atoms with Crippen LogP contribution in [0.15, 0.2) is 24.3 Å². The predicted molar refractivity (Wildman–Crippen MR) is 100 cm³/mol. The van der Waals surface area contributed by atoms with Crippen LogP contribution in [0.4, 0.5) is 0 Å². The minimum atomic E-state index is -0.400. The van der Waals surface area contributed by atoms with Gasteiger partial charge in [-0.2, -0.15) is 0 Å². The van der Waals surface area contributed by atoms with Crippen molar-refractivity contribution in [3.8, 4) is 0 Å². The van der Waals surface area contributed by atoms with E-state index in [2.05, 4.69) is 25.2 Å². The second-order valence-electron chi connectivity index (χ2n) is 7.86. The van der Waals surface area contributed by atoms with Gasteiger partial charge in [0.2, 0.25) is 5.91 Å². The smallest absolute Gasteiger partial charge is 0.323 e. The molecule has 4 atom stereocenters. The number of benzene rings is 1. The third-order valence-corrected chi connectivity index (χ3v) is 6.22. The summed E-state index contributed by atoms with van der Waals surface area (Å²) in [5.74, 6) is 0.862. The highest BCUT2D eigenvalue weighted by Gasteiger charge is 2.34. The van der Waals surface area contributed by atoms with Crippen LogP contribution in [0, 0.1) is 11.8 Å². The van der Waals surface area contributed by atoms with Crippen LogP contribution in [0.1, 0.15) is 44.2 Å². The molecule has 1 N–H and O–H groups in total. The summed E-state index contributed by atoms with van der Waals surface area (Å²) in [6.45, 7) is 5.31. The summed E-state index contributed by atoms with van der Waals surface area (Å²) in [6, 6.07) is 7.94. The normalized spacial score (nSPS) is 28.9. The number of carbonyl (C=O) groups excluding carboxylic acids is 2. The zero-order chi connectivity index (χ0) is 18.7. The van der Waals surface area contributed by atoms with Crippen molar-refractivity contribution in [2.75, 3.05) is 13.7 Å². The summed E-state index contributed by atoms with van der Waals surface area (Å²) >= 11 is 0. The molecule has 1 heterocycles. The molecular formula is C21H30N2O3. The first-order valence-electron chi connectivity index (χ1n) is 9.67. The Labute approximate surface area is 156 Å². The number of ether oxygens (including phenoxy) is 1. The molecule has 1 aromatic rings. The number of amides is 1. The number of methoxy groups -OCH3 is 1. The molecule has 1 aromatic carbocycles. The first kappa shape index (κ1) is 18.9. The summed E-state index contributed by atoms with van der Waals surface area (Å²) in [6.07, 6.45) is 4.03. The molecule has 1 fully saturated rings. The number of hydrogen-bond donors (Lipinski definition) is 1. The van der Waals surface area contributed by atoms with E-state index in [1.807, 2.05) is 23.1 Å². The minimum Gasteiger partial charge on any atom is -0.468 e. The SMILES string of the molecule is COC(=O)C1Cc2ccccc2CN1CC(=O)NC1CCCC(C)C1C. The number of nitrogens with one attached hydrogen (secondary N) is 1. The molecule has 0 bridgehead atoms. The molecule has 1 amide bonds. The number of esters is 1. The fraction of sp³-hybridized carbons (Fsp3) is 0.619. The van der Waals surface area contributed by atoms with Crippen LogP contribution in [0.3, 0.4) is 0 Å². The third-order valence-electron chi connectivity index (χ3n) is 6.22. The van der Waals surface area contributed by atoms with Gasteiger partial charge in [-0.3, -0.25) is 14.5 Å². The van der Waals surface area contributed by atoms with Gasteiger partial charge in [-0.05, 0) is 35.8 Å². The fourth-order valence-corrected chi connectivity index (χ4v) is 4.33. The van der Waals surface area contributed by atoms with Crippen LogP contribution in [-0.4, -0.2) is 42.5 Å². The second-order valence-corrected chi connectivity index (χ2v) is 7.86. The highest BCUT2D eigenvalue weighted by atomic mass is 16.5. The molecule has 0 saturated heterocycles. The van der Waals surface area contributed by atoms with Crippen molar-refractivity contribution in [1.29, 1.82) is 0 Å². The largest absolute Gasteiger partial charge is 0.468 e. The monoisotopic (exact) mass is 358 g/mol. The highest BCUT2D eigenvalue weighted by Crippen LogP contribution is 2.29. The Kier molecular flexibility index (Phi) is 5.97. The minimum absolute atomic E-state index is 0.00392. The summed E-state index contributed by atoms with van der Waals surface area (Å²) in [7, 11) is 1.41. The lowest BCUT2D eigenvalue weighted by molar-refractivity contribution is -0.148. The van der Waals surface area contributed by atoms with Gasteiger partial charge >= 0.3 is 5.97 Å². The van der Waals surface area contributed by atoms with Crippen molar-refractivity contribution < 1.29 is 14.3 Å². The van der Waals surface area contributed by atoms with Crippen molar-refractivity contribution in [2.24, 2.45) is 11.8 Å². The molecule has 0 radical (unpaired) electrons. The van der Waals surface area contributed by atoms with Gasteiger partial charge in [0, 0.05) is 12.6 Å². The van der Waals surface area contributed by atoms with Crippen LogP contribution in [-0.2, 0) is 27.3 Å². The molecule has 2 aliphatic rings. The maximum atomic E-state index is 12.7. The van der Waals surface area contributed by atoms with Gasteiger partial charge in [-0.1, -0.05) is 51.0 Å². The Hall–Kier alpha value is -1.88. The van der Waals surface area contributed by atoms with E-state index in [0.717, 1.165) is 12.0 Å². The maximum absolute atomic E-state index is 12.7. The van der Waals surface area contributed by atoms with E-state index >= 15 is 0 Å². The van der Waals surface area contributed by atoms with E-state index < -0.39 is 6.04 Å². The number of rotatable bonds is 4. The maximum Gasteiger partial charge on any atom is 0.323 e. The fourth-order valence-electron chi connectivity index (χ4n) is 4.33. The van der Waals surface area contributed by atoms with Gasteiger partial charge < -0.3 is 10.1 Å². The van der Waals surface area contributed by atoms with Crippen LogP contribution < -0.4 is 5.32 Å². The van der Waals surface area contributed by atoms with Crippen molar-refractivity contribution in [1.82, 2.24) is 10.2 Å². The lowest BCUT2D eigenvalue weighted by Crippen LogP contribution is -2.52. The molecule has 3 rings (SSSR count). The quantitative estimate of drug-likeness (QED) is 0.841. The average Bonchev–Trinajstić information content (AvgIpc) is 2.64. The van der Waals surface area contributed by atoms with E-state index in [0.29, 0.717) is 24.8 Å². The topological polar surface area (TPSA) is 58.6 Å². The third kappa shape index (κ3) is 4.09. The molecule has 142 valence electrons. The van der Waals surface area contributed by atoms with Gasteiger partial charge in [0.1, 0.15) is 6.04 Å². The zero-order valence-corrected chi connectivity index (χ0v) is 16.0. The Bertz CT molecular complexity index is 660. The number of nitrogens with zero attached hydrogens (tertiary/aromatic N) is 1. The van der Waals surface area contributed by atoms with Crippen molar-refractivity contribution >= 4 is 11.9 Å². The van der Waals surface area contributed by atoms with Gasteiger partial charge in [-0.25, -0.2) is 0 Å². The number of carbonyl (C=O) groups is 2. The van der Waals surface area contributed by atoms with Crippen molar-refractivity contribution in [3.05, 3.63) is 35.4 Å². The van der Waals surface area contributed by atoms with Crippen molar-refractivity contribution in [3.63, 3.8) is 0 Å². The molecule has 0 aromatic heterocycles. The molecule has 26 heavy (non-hydrogen) atoms. The first-order chi connectivity index (χ1) is 12.5. The van der Waals surface area contributed by atoms with Gasteiger partial charge in [0.05, 0.1) is 13.7 Å².